The van der Waals surface area contributed by atoms with E-state index in [0.29, 0.717) is 10.8 Å². The maximum Gasteiger partial charge on any atom is 0.347 e. The van der Waals surface area contributed by atoms with Crippen LogP contribution in [0.1, 0.15) is 21.0 Å². The number of aromatic nitrogens is 2. The summed E-state index contributed by atoms with van der Waals surface area (Å²) >= 11 is 0. The zero-order valence-corrected chi connectivity index (χ0v) is 19.0. The molecule has 2 amide bonds. The topological polar surface area (TPSA) is 180 Å². The van der Waals surface area contributed by atoms with Crippen molar-refractivity contribution in [3.05, 3.63) is 59.9 Å². The van der Waals surface area contributed by atoms with Gasteiger partial charge in [-0.2, -0.15) is 0 Å². The lowest BCUT2D eigenvalue weighted by Gasteiger charge is -2.18. The highest BCUT2D eigenvalue weighted by molar-refractivity contribution is 6.06. The minimum absolute atomic E-state index is 0.0295. The Morgan fingerprint density at radius 1 is 0.722 bits per heavy atom. The van der Waals surface area contributed by atoms with Crippen molar-refractivity contribution in [3.63, 3.8) is 0 Å². The van der Waals surface area contributed by atoms with E-state index < -0.39 is 46.8 Å². The molecule has 12 heteroatoms. The summed E-state index contributed by atoms with van der Waals surface area (Å²) in [5.41, 5.74) is -1.03. The lowest BCUT2D eigenvalue weighted by atomic mass is 10.1. The third-order valence-corrected chi connectivity index (χ3v) is 5.32. The highest BCUT2D eigenvalue weighted by Crippen LogP contribution is 2.34. The van der Waals surface area contributed by atoms with Gasteiger partial charge in [-0.05, 0) is 12.1 Å². The Morgan fingerprint density at radius 3 is 1.42 bits per heavy atom. The number of hydrogen-bond donors (Lipinski definition) is 5. The van der Waals surface area contributed by atoms with Crippen LogP contribution in [0.25, 0.3) is 21.5 Å². The Balaban J connectivity index is 1.65. The third-order valence-electron chi connectivity index (χ3n) is 5.32. The predicted molar refractivity (Wildman–Crippen MR) is 126 cm³/mol. The number of rotatable bonds is 7. The van der Waals surface area contributed by atoms with Crippen LogP contribution in [0, 0.1) is 0 Å². The fourth-order valence-electron chi connectivity index (χ4n) is 3.62. The van der Waals surface area contributed by atoms with Crippen LogP contribution in [0.5, 0.6) is 23.3 Å². The van der Waals surface area contributed by atoms with Gasteiger partial charge in [0.15, 0.2) is 22.9 Å². The molecular weight excluding hydrogens is 472 g/mol. The largest absolute Gasteiger partial charge is 0.505 e. The number of aromatic hydroxyl groups is 2. The molecule has 0 aliphatic rings. The van der Waals surface area contributed by atoms with Gasteiger partial charge in [-0.15, -0.1) is 0 Å². The van der Waals surface area contributed by atoms with Crippen molar-refractivity contribution < 1.29 is 39.2 Å². The highest BCUT2D eigenvalue weighted by atomic mass is 16.5. The minimum atomic E-state index is -1.97. The standard InChI is InChI=1S/C24H20N4O8/c1-35-22-13-9-5-3-7-11(13)17(29)15(25-22)20(31)27-19(24(33)34)28-21(32)16-18(30)12-8-4-6-10-14(12)23(26-16)36-2/h3-10,19,29-30H,1-2H3,(H,27,31)(H,28,32)(H,33,34). The molecule has 184 valence electrons. The summed E-state index contributed by atoms with van der Waals surface area (Å²) in [6, 6.07) is 12.9. The number of carboxylic acids is 1. The van der Waals surface area contributed by atoms with Crippen LogP contribution in [0.15, 0.2) is 48.5 Å². The Kier molecular flexibility index (Phi) is 6.42. The van der Waals surface area contributed by atoms with Gasteiger partial charge in [0.1, 0.15) is 0 Å². The molecule has 0 fully saturated rings. The molecule has 0 saturated carbocycles. The fourth-order valence-corrected chi connectivity index (χ4v) is 3.62. The first kappa shape index (κ1) is 24.0. The summed E-state index contributed by atoms with van der Waals surface area (Å²) in [7, 11) is 2.65. The van der Waals surface area contributed by atoms with Crippen LogP contribution in [0.4, 0.5) is 0 Å². The summed E-state index contributed by atoms with van der Waals surface area (Å²) in [6.45, 7) is 0. The second kappa shape index (κ2) is 9.62. The molecule has 0 spiro atoms. The molecule has 2 aromatic carbocycles. The predicted octanol–water partition coefficient (Wildman–Crippen LogP) is 1.78. The first-order valence-electron chi connectivity index (χ1n) is 10.4. The quantitative estimate of drug-likeness (QED) is 0.239. The summed E-state index contributed by atoms with van der Waals surface area (Å²) < 4.78 is 10.4. The maximum absolute atomic E-state index is 12.9. The van der Waals surface area contributed by atoms with E-state index in [9.17, 15) is 29.7 Å². The van der Waals surface area contributed by atoms with Gasteiger partial charge in [0.05, 0.1) is 14.2 Å². The van der Waals surface area contributed by atoms with Gasteiger partial charge in [-0.3, -0.25) is 9.59 Å². The van der Waals surface area contributed by atoms with Gasteiger partial charge in [-0.25, -0.2) is 14.8 Å². The van der Waals surface area contributed by atoms with E-state index >= 15 is 0 Å². The number of carboxylic acid groups (broad SMARTS) is 1. The van der Waals surface area contributed by atoms with E-state index in [0.717, 1.165) is 0 Å². The number of methoxy groups -OCH3 is 2. The average Bonchev–Trinajstić information content (AvgIpc) is 2.88. The van der Waals surface area contributed by atoms with Crippen molar-refractivity contribution in [1.29, 1.82) is 0 Å². The Hall–Kier alpha value is -5.13. The van der Waals surface area contributed by atoms with Crippen molar-refractivity contribution in [1.82, 2.24) is 20.6 Å². The second-order valence-corrected chi connectivity index (χ2v) is 7.45. The maximum atomic E-state index is 12.9. The zero-order chi connectivity index (χ0) is 26.0. The van der Waals surface area contributed by atoms with Crippen molar-refractivity contribution >= 4 is 39.3 Å². The molecule has 0 bridgehead atoms. The van der Waals surface area contributed by atoms with E-state index in [1.807, 2.05) is 0 Å². The van der Waals surface area contributed by atoms with Crippen LogP contribution in [0.2, 0.25) is 0 Å². The molecule has 2 heterocycles. The molecule has 5 N–H and O–H groups in total. The molecule has 4 rings (SSSR count). The van der Waals surface area contributed by atoms with E-state index in [1.54, 1.807) is 36.4 Å². The number of carbonyl (C=O) groups excluding carboxylic acids is 2. The van der Waals surface area contributed by atoms with E-state index in [1.165, 1.54) is 26.4 Å². The molecule has 0 saturated heterocycles. The van der Waals surface area contributed by atoms with Gasteiger partial charge in [-0.1, -0.05) is 36.4 Å². The highest BCUT2D eigenvalue weighted by Gasteiger charge is 2.29. The van der Waals surface area contributed by atoms with Gasteiger partial charge in [0.2, 0.25) is 17.9 Å². The van der Waals surface area contributed by atoms with Crippen molar-refractivity contribution in [2.45, 2.75) is 6.17 Å². The number of carbonyl (C=O) groups is 3. The van der Waals surface area contributed by atoms with Gasteiger partial charge >= 0.3 is 5.97 Å². The third kappa shape index (κ3) is 4.22. The normalized spacial score (nSPS) is 10.9. The number of nitrogens with one attached hydrogen (secondary N) is 2. The molecule has 2 aromatic heterocycles. The van der Waals surface area contributed by atoms with E-state index in [4.69, 9.17) is 9.47 Å². The molecule has 0 radical (unpaired) electrons. The van der Waals surface area contributed by atoms with Crippen LogP contribution in [-0.4, -0.2) is 63.5 Å². The first-order chi connectivity index (χ1) is 17.3. The average molecular weight is 492 g/mol. The number of nitrogens with zero attached hydrogens (tertiary/aromatic N) is 2. The van der Waals surface area contributed by atoms with Gasteiger partial charge < -0.3 is 35.4 Å². The van der Waals surface area contributed by atoms with Crippen molar-refractivity contribution in [2.24, 2.45) is 0 Å². The van der Waals surface area contributed by atoms with Crippen molar-refractivity contribution in [3.8, 4) is 23.3 Å². The first-order valence-corrected chi connectivity index (χ1v) is 10.4. The van der Waals surface area contributed by atoms with E-state index in [2.05, 4.69) is 20.6 Å². The van der Waals surface area contributed by atoms with Crippen LogP contribution in [-0.2, 0) is 4.79 Å². The Labute approximate surface area is 203 Å². The number of amides is 2. The number of ether oxygens (including phenoxy) is 2. The molecule has 0 atom stereocenters. The number of fused-ring (bicyclic) bond motifs is 2. The number of benzene rings is 2. The summed E-state index contributed by atoms with van der Waals surface area (Å²) in [6.07, 6.45) is -1.97. The SMILES string of the molecule is COc1nc(C(=O)NC(NC(=O)c2nc(OC)c3ccccc3c2O)C(=O)O)c(O)c2ccccc12. The summed E-state index contributed by atoms with van der Waals surface area (Å²) in [5.74, 6) is -4.77. The molecule has 0 aliphatic carbocycles. The number of pyridine rings is 2. The molecule has 36 heavy (non-hydrogen) atoms. The van der Waals surface area contributed by atoms with Crippen LogP contribution >= 0.6 is 0 Å². The lowest BCUT2D eigenvalue weighted by Crippen LogP contribution is -2.53. The summed E-state index contributed by atoms with van der Waals surface area (Å²) in [5, 5.41) is 36.3. The fraction of sp³-hybridized carbons (Fsp3) is 0.125. The summed E-state index contributed by atoms with van der Waals surface area (Å²) in [4.78, 5) is 45.5. The zero-order valence-electron chi connectivity index (χ0n) is 19.0. The number of hydrogen-bond acceptors (Lipinski definition) is 9. The van der Waals surface area contributed by atoms with E-state index in [-0.39, 0.29) is 22.5 Å². The molecule has 4 aromatic rings. The van der Waals surface area contributed by atoms with Gasteiger partial charge in [0.25, 0.3) is 11.8 Å². The lowest BCUT2D eigenvalue weighted by molar-refractivity contribution is -0.139. The minimum Gasteiger partial charge on any atom is -0.505 e. The molecule has 0 aliphatic heterocycles. The Morgan fingerprint density at radius 2 is 1.08 bits per heavy atom. The number of aliphatic carboxylic acids is 1. The van der Waals surface area contributed by atoms with Crippen LogP contribution < -0.4 is 20.1 Å². The smallest absolute Gasteiger partial charge is 0.347 e. The molecule has 0 unspecified atom stereocenters. The van der Waals surface area contributed by atoms with Crippen LogP contribution in [0.3, 0.4) is 0 Å². The monoisotopic (exact) mass is 492 g/mol. The van der Waals surface area contributed by atoms with Crippen molar-refractivity contribution in [2.75, 3.05) is 14.2 Å². The Bertz CT molecular complexity index is 1410. The van der Waals surface area contributed by atoms with Gasteiger partial charge in [0, 0.05) is 21.5 Å². The molecule has 12 nitrogen and oxygen atoms in total. The molecular formula is C24H20N4O8. The second-order valence-electron chi connectivity index (χ2n) is 7.45.